The third-order valence-electron chi connectivity index (χ3n) is 4.15. The van der Waals surface area contributed by atoms with Gasteiger partial charge in [-0.15, -0.1) is 0 Å². The monoisotopic (exact) mass is 410 g/mol. The van der Waals surface area contributed by atoms with E-state index in [0.29, 0.717) is 18.1 Å². The van der Waals surface area contributed by atoms with Crippen LogP contribution in [0.4, 0.5) is 0 Å². The van der Waals surface area contributed by atoms with Gasteiger partial charge in [0.2, 0.25) is 10.0 Å². The van der Waals surface area contributed by atoms with Crippen molar-refractivity contribution >= 4 is 27.5 Å². The first-order valence-corrected chi connectivity index (χ1v) is 10.4. The van der Waals surface area contributed by atoms with Crippen LogP contribution in [0.25, 0.3) is 0 Å². The molecule has 0 radical (unpaired) electrons. The van der Waals surface area contributed by atoms with Crippen LogP contribution in [0.5, 0.6) is 5.75 Å². The molecule has 0 aromatic heterocycles. The highest BCUT2D eigenvalue weighted by Crippen LogP contribution is 2.28. The minimum atomic E-state index is -3.77. The molecule has 146 valence electrons. The summed E-state index contributed by atoms with van der Waals surface area (Å²) < 4.78 is 32.3. The van der Waals surface area contributed by atoms with Crippen LogP contribution in [0.3, 0.4) is 0 Å². The van der Waals surface area contributed by atoms with Gasteiger partial charge in [-0.1, -0.05) is 43.6 Å². The lowest BCUT2D eigenvalue weighted by atomic mass is 10.2. The molecule has 2 aromatic rings. The summed E-state index contributed by atoms with van der Waals surface area (Å²) in [7, 11) is -2.37. The molecule has 8 heteroatoms. The van der Waals surface area contributed by atoms with Crippen LogP contribution >= 0.6 is 11.6 Å². The number of nitrogens with zero attached hydrogens (tertiary/aromatic N) is 1. The third-order valence-corrected chi connectivity index (χ3v) is 6.59. The highest BCUT2D eigenvalue weighted by Gasteiger charge is 2.26. The van der Waals surface area contributed by atoms with E-state index >= 15 is 0 Å². The van der Waals surface area contributed by atoms with E-state index in [1.807, 2.05) is 18.2 Å². The molecule has 0 aliphatic heterocycles. The molecule has 0 unspecified atom stereocenters. The van der Waals surface area contributed by atoms with Gasteiger partial charge in [-0.3, -0.25) is 4.79 Å². The van der Waals surface area contributed by atoms with Crippen LogP contribution in [0.15, 0.2) is 47.4 Å². The minimum Gasteiger partial charge on any atom is -0.495 e. The van der Waals surface area contributed by atoms with E-state index in [9.17, 15) is 13.2 Å². The molecule has 0 bridgehead atoms. The number of carbonyl (C=O) groups is 1. The fourth-order valence-electron chi connectivity index (χ4n) is 2.64. The molecule has 0 saturated heterocycles. The molecular weight excluding hydrogens is 388 g/mol. The van der Waals surface area contributed by atoms with Crippen molar-refractivity contribution in [3.8, 4) is 5.75 Å². The van der Waals surface area contributed by atoms with Crippen LogP contribution in [0, 0.1) is 0 Å². The Kier molecular flexibility index (Phi) is 7.24. The number of sulfonamides is 1. The quantitative estimate of drug-likeness (QED) is 0.724. The average molecular weight is 411 g/mol. The summed E-state index contributed by atoms with van der Waals surface area (Å²) in [5, 5.41) is 3.31. The van der Waals surface area contributed by atoms with E-state index in [1.54, 1.807) is 19.9 Å². The molecular formula is C19H23ClN2O4S. The highest BCUT2D eigenvalue weighted by molar-refractivity contribution is 7.89. The Bertz CT molecular complexity index is 912. The maximum absolute atomic E-state index is 12.9. The van der Waals surface area contributed by atoms with E-state index in [0.717, 1.165) is 5.56 Å². The SMILES string of the molecule is CCN(CC)S(=O)(=O)c1cc(C(=O)NCc2ccccc2Cl)ccc1OC. The number of rotatable bonds is 8. The number of ether oxygens (including phenoxy) is 1. The Balaban J connectivity index is 2.31. The van der Waals surface area contributed by atoms with Gasteiger partial charge in [0.1, 0.15) is 10.6 Å². The Morgan fingerprint density at radius 2 is 1.81 bits per heavy atom. The number of halogens is 1. The fraction of sp³-hybridized carbons (Fsp3) is 0.316. The van der Waals surface area contributed by atoms with Crippen LogP contribution in [0.1, 0.15) is 29.8 Å². The van der Waals surface area contributed by atoms with E-state index in [4.69, 9.17) is 16.3 Å². The molecule has 2 rings (SSSR count). The first-order chi connectivity index (χ1) is 12.8. The van der Waals surface area contributed by atoms with Crippen LogP contribution in [-0.4, -0.2) is 38.8 Å². The van der Waals surface area contributed by atoms with Crippen molar-refractivity contribution in [2.24, 2.45) is 0 Å². The Morgan fingerprint density at radius 3 is 2.41 bits per heavy atom. The fourth-order valence-corrected chi connectivity index (χ4v) is 4.48. The van der Waals surface area contributed by atoms with Crippen molar-refractivity contribution in [3.05, 3.63) is 58.6 Å². The number of carbonyl (C=O) groups excluding carboxylic acids is 1. The smallest absolute Gasteiger partial charge is 0.251 e. The van der Waals surface area contributed by atoms with Gasteiger partial charge in [0.25, 0.3) is 5.91 Å². The van der Waals surface area contributed by atoms with Gasteiger partial charge in [-0.25, -0.2) is 8.42 Å². The lowest BCUT2D eigenvalue weighted by molar-refractivity contribution is 0.0950. The van der Waals surface area contributed by atoms with Crippen LogP contribution < -0.4 is 10.1 Å². The Labute approximate surface area is 165 Å². The number of amides is 1. The highest BCUT2D eigenvalue weighted by atomic mass is 35.5. The lowest BCUT2D eigenvalue weighted by Gasteiger charge is -2.20. The minimum absolute atomic E-state index is 0.0286. The third kappa shape index (κ3) is 4.80. The molecule has 0 saturated carbocycles. The van der Waals surface area contributed by atoms with Gasteiger partial charge >= 0.3 is 0 Å². The molecule has 0 atom stereocenters. The molecule has 27 heavy (non-hydrogen) atoms. The molecule has 6 nitrogen and oxygen atoms in total. The molecule has 0 aliphatic rings. The summed E-state index contributed by atoms with van der Waals surface area (Å²) in [6.45, 7) is 4.40. The zero-order valence-electron chi connectivity index (χ0n) is 15.5. The summed E-state index contributed by atoms with van der Waals surface area (Å²) in [5.74, 6) is -0.196. The molecule has 2 aromatic carbocycles. The first-order valence-electron chi connectivity index (χ1n) is 8.54. The van der Waals surface area contributed by atoms with Crippen molar-refractivity contribution in [1.82, 2.24) is 9.62 Å². The second kappa shape index (κ2) is 9.21. The number of benzene rings is 2. The molecule has 0 spiro atoms. The van der Waals surface area contributed by atoms with E-state index in [1.165, 1.54) is 29.6 Å². The summed E-state index contributed by atoms with van der Waals surface area (Å²) >= 11 is 6.09. The Hall–Kier alpha value is -2.09. The predicted octanol–water partition coefficient (Wildman–Crippen LogP) is 3.31. The topological polar surface area (TPSA) is 75.7 Å². The molecule has 1 amide bonds. The van der Waals surface area contributed by atoms with Gasteiger partial charge in [-0.2, -0.15) is 4.31 Å². The maximum Gasteiger partial charge on any atom is 0.251 e. The molecule has 0 aliphatic carbocycles. The van der Waals surface area contributed by atoms with Crippen molar-refractivity contribution in [2.75, 3.05) is 20.2 Å². The van der Waals surface area contributed by atoms with Crippen molar-refractivity contribution in [2.45, 2.75) is 25.3 Å². The van der Waals surface area contributed by atoms with Gasteiger partial charge in [-0.05, 0) is 29.8 Å². The molecule has 1 N–H and O–H groups in total. The zero-order chi connectivity index (χ0) is 20.0. The molecule has 0 fully saturated rings. The van der Waals surface area contributed by atoms with Crippen LogP contribution in [-0.2, 0) is 16.6 Å². The van der Waals surface area contributed by atoms with Gasteiger partial charge in [0, 0.05) is 30.2 Å². The maximum atomic E-state index is 12.9. The van der Waals surface area contributed by atoms with Crippen molar-refractivity contribution in [1.29, 1.82) is 0 Å². The summed E-state index contributed by atoms with van der Waals surface area (Å²) in [6.07, 6.45) is 0. The summed E-state index contributed by atoms with van der Waals surface area (Å²) in [6, 6.07) is 11.5. The number of nitrogens with one attached hydrogen (secondary N) is 1. The average Bonchev–Trinajstić information content (AvgIpc) is 2.67. The summed E-state index contributed by atoms with van der Waals surface area (Å²) in [5.41, 5.74) is 1.01. The summed E-state index contributed by atoms with van der Waals surface area (Å²) in [4.78, 5) is 12.5. The number of hydrogen-bond acceptors (Lipinski definition) is 4. The standard InChI is InChI=1S/C19H23ClN2O4S/c1-4-22(5-2)27(24,25)18-12-14(10-11-17(18)26-3)19(23)21-13-15-8-6-7-9-16(15)20/h6-12H,4-5,13H2,1-3H3,(H,21,23). The van der Waals surface area contributed by atoms with Gasteiger partial charge in [0.05, 0.1) is 7.11 Å². The van der Waals surface area contributed by atoms with E-state index < -0.39 is 15.9 Å². The van der Waals surface area contributed by atoms with Crippen molar-refractivity contribution < 1.29 is 17.9 Å². The number of hydrogen-bond donors (Lipinski definition) is 1. The predicted molar refractivity (Wildman–Crippen MR) is 106 cm³/mol. The lowest BCUT2D eigenvalue weighted by Crippen LogP contribution is -2.31. The van der Waals surface area contributed by atoms with Gasteiger partial charge < -0.3 is 10.1 Å². The van der Waals surface area contributed by atoms with Gasteiger partial charge in [0.15, 0.2) is 0 Å². The largest absolute Gasteiger partial charge is 0.495 e. The Morgan fingerprint density at radius 1 is 1.15 bits per heavy atom. The second-order valence-electron chi connectivity index (χ2n) is 5.73. The molecule has 0 heterocycles. The number of methoxy groups -OCH3 is 1. The second-order valence-corrected chi connectivity index (χ2v) is 8.04. The van der Waals surface area contributed by atoms with Crippen LogP contribution in [0.2, 0.25) is 5.02 Å². The van der Waals surface area contributed by atoms with E-state index in [-0.39, 0.29) is 22.8 Å². The van der Waals surface area contributed by atoms with Crippen molar-refractivity contribution in [3.63, 3.8) is 0 Å². The van der Waals surface area contributed by atoms with E-state index in [2.05, 4.69) is 5.32 Å². The normalized spacial score (nSPS) is 11.4. The first kappa shape index (κ1) is 21.2. The zero-order valence-corrected chi connectivity index (χ0v) is 17.1.